The van der Waals surface area contributed by atoms with Gasteiger partial charge in [-0.1, -0.05) is 66.6 Å². The number of aliphatic hydroxyl groups excluding tert-OH is 1. The Bertz CT molecular complexity index is 2230. The number of likely N-dealkylation sites (N-methyl/N-ethyl adjacent to an activating group) is 1. The number of benzene rings is 4. The maximum Gasteiger partial charge on any atom is 0.338 e. The fourth-order valence-corrected chi connectivity index (χ4v) is 7.96. The van der Waals surface area contributed by atoms with Crippen LogP contribution in [0.2, 0.25) is 5.02 Å². The molecule has 15 nitrogen and oxygen atoms in total. The Labute approximate surface area is 342 Å². The number of hydrogen-bond donors (Lipinski definition) is 1. The zero-order valence-corrected chi connectivity index (χ0v) is 34.7. The Balaban J connectivity index is 1.44. The van der Waals surface area contributed by atoms with Gasteiger partial charge in [-0.25, -0.2) is 13.2 Å². The molecule has 4 aromatic carbocycles. The average Bonchev–Trinajstić information content (AvgIpc) is 3.17. The number of carbonyl (C=O) groups is 2. The topological polar surface area (TPSA) is 200 Å². The number of aliphatic hydroxyl groups is 1. The molecule has 58 heavy (non-hydrogen) atoms. The lowest BCUT2D eigenvalue weighted by Crippen LogP contribution is -2.50. The van der Waals surface area contributed by atoms with Crippen LogP contribution in [0.4, 0.5) is 17.1 Å². The molecule has 0 saturated carbocycles. The van der Waals surface area contributed by atoms with E-state index in [1.165, 1.54) is 33.4 Å². The second-order valence-corrected chi connectivity index (χ2v) is 17.1. The van der Waals surface area contributed by atoms with Crippen molar-refractivity contribution in [2.45, 2.75) is 88.9 Å². The van der Waals surface area contributed by atoms with Gasteiger partial charge in [0.05, 0.1) is 21.6 Å². The Morgan fingerprint density at radius 1 is 0.862 bits per heavy atom. The monoisotopic (exact) mass is 840 g/mol. The molecule has 0 aliphatic carbocycles. The van der Waals surface area contributed by atoms with Gasteiger partial charge in [-0.3, -0.25) is 29.3 Å². The number of nitro benzene ring substituents is 2. The number of nitro groups is 2. The van der Waals surface area contributed by atoms with Crippen molar-refractivity contribution < 1.29 is 42.4 Å². The van der Waals surface area contributed by atoms with E-state index in [0.717, 1.165) is 35.7 Å². The van der Waals surface area contributed by atoms with Gasteiger partial charge in [0.2, 0.25) is 0 Å². The van der Waals surface area contributed by atoms with Crippen LogP contribution in [0.1, 0.15) is 64.0 Å². The van der Waals surface area contributed by atoms with Gasteiger partial charge in [0.15, 0.2) is 17.1 Å². The predicted molar refractivity (Wildman–Crippen MR) is 220 cm³/mol. The minimum absolute atomic E-state index is 0.0714. The number of ether oxygens (including phenoxy) is 2. The van der Waals surface area contributed by atoms with Crippen LogP contribution in [0.5, 0.6) is 0 Å². The number of rotatable bonds is 20. The minimum Gasteiger partial charge on any atom is -0.458 e. The number of sulfonamides is 1. The Hall–Kier alpha value is -5.16. The van der Waals surface area contributed by atoms with Gasteiger partial charge in [-0.15, -0.1) is 0 Å². The summed E-state index contributed by atoms with van der Waals surface area (Å²) in [6, 6.07) is 21.2. The second kappa shape index (κ2) is 20.0. The molecule has 0 spiro atoms. The van der Waals surface area contributed by atoms with E-state index in [0.29, 0.717) is 24.6 Å². The van der Waals surface area contributed by atoms with Crippen molar-refractivity contribution in [3.8, 4) is 0 Å². The number of non-ortho nitro benzene ring substituents is 1. The van der Waals surface area contributed by atoms with Gasteiger partial charge >= 0.3 is 5.97 Å². The van der Waals surface area contributed by atoms with Gasteiger partial charge in [-0.2, -0.15) is 0 Å². The van der Waals surface area contributed by atoms with Crippen LogP contribution in [-0.2, 0) is 35.5 Å². The quantitative estimate of drug-likeness (QED) is 0.0399. The van der Waals surface area contributed by atoms with Gasteiger partial charge < -0.3 is 19.5 Å². The summed E-state index contributed by atoms with van der Waals surface area (Å²) in [6.07, 6.45) is -0.178. The standard InChI is InChI=1S/C41H49ClN4O11S/c1-28-16-19-32(26-34(28)42)44(58(54,55)36-21-20-33(45(50)51)27-35(36)46(52)53)23-11-12-24-56-38(37(47)40(49)57-41(2,3)4)39(48)43(5)22-10-6-7-13-29-17-18-30-14-8-9-15-31(30)25-29/h8-9,14-21,25-27,37-38,47H,6-7,10-13,22-24H2,1-5H3/t37-,38-/m1/s1. The smallest absolute Gasteiger partial charge is 0.338 e. The first kappa shape index (κ1) is 45.5. The van der Waals surface area contributed by atoms with Crippen LogP contribution < -0.4 is 4.31 Å². The van der Waals surface area contributed by atoms with Crippen LogP contribution in [0.25, 0.3) is 10.8 Å². The highest BCUT2D eigenvalue weighted by atomic mass is 35.5. The molecular weight excluding hydrogens is 792 g/mol. The number of anilines is 1. The third kappa shape index (κ3) is 12.2. The number of nitrogens with zero attached hydrogens (tertiary/aromatic N) is 4. The molecular formula is C41H49ClN4O11S. The second-order valence-electron chi connectivity index (χ2n) is 14.9. The van der Waals surface area contributed by atoms with E-state index < -0.39 is 65.8 Å². The SMILES string of the molecule is Cc1ccc(N(CCCCO[C@@H](C(=O)N(C)CCCCCc2ccc3ccccc3c2)[C@@H](O)C(=O)OC(C)(C)C)S(=O)(=O)c2ccc([N+](=O)[O-])cc2[N+](=O)[O-])cc1Cl. The molecule has 0 aliphatic heterocycles. The van der Waals surface area contributed by atoms with Crippen LogP contribution >= 0.6 is 11.6 Å². The summed E-state index contributed by atoms with van der Waals surface area (Å²) in [5, 5.41) is 36.8. The molecule has 312 valence electrons. The molecule has 4 aromatic rings. The summed E-state index contributed by atoms with van der Waals surface area (Å²) >= 11 is 6.33. The first-order valence-corrected chi connectivity index (χ1v) is 20.6. The molecule has 0 fully saturated rings. The van der Waals surface area contributed by atoms with Crippen LogP contribution in [-0.4, -0.2) is 84.7 Å². The van der Waals surface area contributed by atoms with Gasteiger partial charge in [0.1, 0.15) is 5.60 Å². The largest absolute Gasteiger partial charge is 0.458 e. The van der Waals surface area contributed by atoms with E-state index in [1.54, 1.807) is 40.8 Å². The predicted octanol–water partition coefficient (Wildman–Crippen LogP) is 7.55. The summed E-state index contributed by atoms with van der Waals surface area (Å²) in [7, 11) is -3.15. The summed E-state index contributed by atoms with van der Waals surface area (Å²) in [5.41, 5.74) is -0.664. The lowest BCUT2D eigenvalue weighted by atomic mass is 10.0. The number of halogens is 1. The molecule has 0 saturated heterocycles. The first-order valence-electron chi connectivity index (χ1n) is 18.8. The van der Waals surface area contributed by atoms with Crippen molar-refractivity contribution in [3.05, 3.63) is 115 Å². The molecule has 0 radical (unpaired) electrons. The van der Waals surface area contributed by atoms with Crippen molar-refractivity contribution in [1.29, 1.82) is 0 Å². The lowest BCUT2D eigenvalue weighted by Gasteiger charge is -2.29. The molecule has 0 aliphatic rings. The van der Waals surface area contributed by atoms with Crippen LogP contribution in [0.3, 0.4) is 0 Å². The van der Waals surface area contributed by atoms with E-state index >= 15 is 0 Å². The van der Waals surface area contributed by atoms with Gasteiger partial charge in [0.25, 0.3) is 27.3 Å². The number of unbranched alkanes of at least 4 members (excludes halogenated alkanes) is 3. The maximum absolute atomic E-state index is 14.0. The fraction of sp³-hybridized carbons (Fsp3) is 0.415. The molecule has 0 aromatic heterocycles. The molecule has 0 unspecified atom stereocenters. The Morgan fingerprint density at radius 3 is 2.21 bits per heavy atom. The highest BCUT2D eigenvalue weighted by Crippen LogP contribution is 2.34. The number of aryl methyl sites for hydroxylation is 2. The lowest BCUT2D eigenvalue weighted by molar-refractivity contribution is -0.396. The van der Waals surface area contributed by atoms with E-state index in [-0.39, 0.29) is 36.7 Å². The molecule has 17 heteroatoms. The first-order chi connectivity index (χ1) is 27.3. The van der Waals surface area contributed by atoms with Crippen LogP contribution in [0.15, 0.2) is 83.8 Å². The molecule has 2 atom stereocenters. The van der Waals surface area contributed by atoms with Gasteiger partial charge in [0, 0.05) is 37.8 Å². The number of amides is 1. The molecule has 1 N–H and O–H groups in total. The minimum atomic E-state index is -4.70. The molecule has 0 bridgehead atoms. The summed E-state index contributed by atoms with van der Waals surface area (Å²) in [6.45, 7) is 6.43. The third-order valence-electron chi connectivity index (χ3n) is 9.24. The molecule has 4 rings (SSSR count). The molecule has 1 amide bonds. The zero-order valence-electron chi connectivity index (χ0n) is 33.1. The van der Waals surface area contributed by atoms with Crippen molar-refractivity contribution in [2.24, 2.45) is 0 Å². The van der Waals surface area contributed by atoms with E-state index in [2.05, 4.69) is 30.3 Å². The maximum atomic E-state index is 14.0. The van der Waals surface area contributed by atoms with E-state index in [9.17, 15) is 43.3 Å². The van der Waals surface area contributed by atoms with Crippen molar-refractivity contribution in [3.63, 3.8) is 0 Å². The third-order valence-corrected chi connectivity index (χ3v) is 11.5. The number of fused-ring (bicyclic) bond motifs is 1. The summed E-state index contributed by atoms with van der Waals surface area (Å²) in [5.74, 6) is -1.69. The number of carbonyl (C=O) groups excluding carboxylic acids is 2. The average molecular weight is 841 g/mol. The Morgan fingerprint density at radius 2 is 1.55 bits per heavy atom. The van der Waals surface area contributed by atoms with Crippen molar-refractivity contribution in [1.82, 2.24) is 4.90 Å². The van der Waals surface area contributed by atoms with E-state index in [1.807, 2.05) is 12.1 Å². The molecule has 0 heterocycles. The number of esters is 1. The normalized spacial score (nSPS) is 12.8. The van der Waals surface area contributed by atoms with Gasteiger partial charge in [-0.05, 0) is 99.9 Å². The highest BCUT2D eigenvalue weighted by Gasteiger charge is 2.38. The van der Waals surface area contributed by atoms with Crippen molar-refractivity contribution in [2.75, 3.05) is 31.0 Å². The zero-order chi connectivity index (χ0) is 42.8. The highest BCUT2D eigenvalue weighted by molar-refractivity contribution is 7.93. The summed E-state index contributed by atoms with van der Waals surface area (Å²) in [4.78, 5) is 48.5. The number of hydrogen-bond acceptors (Lipinski definition) is 11. The van der Waals surface area contributed by atoms with E-state index in [4.69, 9.17) is 21.1 Å². The Kier molecular flexibility index (Phi) is 15.7. The fourth-order valence-electron chi connectivity index (χ4n) is 6.15. The van der Waals surface area contributed by atoms with Crippen LogP contribution in [0, 0.1) is 27.2 Å². The summed E-state index contributed by atoms with van der Waals surface area (Å²) < 4.78 is 40.2. The van der Waals surface area contributed by atoms with Crippen molar-refractivity contribution >= 4 is 61.3 Å².